The van der Waals surface area contributed by atoms with Gasteiger partial charge in [0.15, 0.2) is 0 Å². The zero-order valence-electron chi connectivity index (χ0n) is 8.46. The standard InChI is InChI=1S/C11H15Cl2N.ClH/c12-6-7-14-9-11(13)8-10-4-2-1-3-5-10;/h1-5,11,14H,6-9H2;1H. The van der Waals surface area contributed by atoms with Crippen molar-refractivity contribution in [3.05, 3.63) is 35.9 Å². The molecule has 0 saturated carbocycles. The lowest BCUT2D eigenvalue weighted by Crippen LogP contribution is -2.26. The van der Waals surface area contributed by atoms with E-state index < -0.39 is 0 Å². The van der Waals surface area contributed by atoms with E-state index in [1.807, 2.05) is 18.2 Å². The largest absolute Gasteiger partial charge is 0.314 e. The Balaban J connectivity index is 0.00000196. The van der Waals surface area contributed by atoms with E-state index in [-0.39, 0.29) is 17.8 Å². The Hall–Kier alpha value is 0.0500. The van der Waals surface area contributed by atoms with E-state index in [0.717, 1.165) is 19.5 Å². The number of rotatable bonds is 6. The maximum atomic E-state index is 6.15. The molecule has 0 fully saturated rings. The van der Waals surface area contributed by atoms with Gasteiger partial charge in [0, 0.05) is 19.0 Å². The fourth-order valence-corrected chi connectivity index (χ4v) is 1.69. The van der Waals surface area contributed by atoms with E-state index in [9.17, 15) is 0 Å². The molecule has 4 heteroatoms. The van der Waals surface area contributed by atoms with Crippen molar-refractivity contribution in [3.63, 3.8) is 0 Å². The van der Waals surface area contributed by atoms with Crippen molar-refractivity contribution in [1.29, 1.82) is 0 Å². The molecule has 15 heavy (non-hydrogen) atoms. The summed E-state index contributed by atoms with van der Waals surface area (Å²) >= 11 is 11.7. The first-order valence-corrected chi connectivity index (χ1v) is 5.74. The van der Waals surface area contributed by atoms with Gasteiger partial charge in [0.05, 0.1) is 5.38 Å². The van der Waals surface area contributed by atoms with Crippen LogP contribution in [0.3, 0.4) is 0 Å². The Morgan fingerprint density at radius 3 is 2.47 bits per heavy atom. The highest BCUT2D eigenvalue weighted by Gasteiger charge is 2.04. The maximum absolute atomic E-state index is 6.15. The topological polar surface area (TPSA) is 12.0 Å². The van der Waals surface area contributed by atoms with Crippen LogP contribution in [0, 0.1) is 0 Å². The van der Waals surface area contributed by atoms with Gasteiger partial charge in [-0.2, -0.15) is 0 Å². The van der Waals surface area contributed by atoms with Crippen molar-refractivity contribution in [2.45, 2.75) is 11.8 Å². The first-order valence-electron chi connectivity index (χ1n) is 4.77. The number of halogens is 3. The molecule has 0 aliphatic heterocycles. The zero-order valence-corrected chi connectivity index (χ0v) is 10.8. The summed E-state index contributed by atoms with van der Waals surface area (Å²) in [6, 6.07) is 10.3. The predicted octanol–water partition coefficient (Wildman–Crippen LogP) is 3.09. The molecule has 0 spiro atoms. The first kappa shape index (κ1) is 15.0. The van der Waals surface area contributed by atoms with Crippen LogP contribution in [-0.2, 0) is 6.42 Å². The number of alkyl halides is 2. The average Bonchev–Trinajstić information content (AvgIpc) is 2.20. The fraction of sp³-hybridized carbons (Fsp3) is 0.455. The molecule has 0 saturated heterocycles. The Kier molecular flexibility index (Phi) is 9.32. The molecule has 1 nitrogen and oxygen atoms in total. The average molecular weight is 269 g/mol. The lowest BCUT2D eigenvalue weighted by molar-refractivity contribution is 0.681. The minimum Gasteiger partial charge on any atom is -0.314 e. The van der Waals surface area contributed by atoms with E-state index >= 15 is 0 Å². The van der Waals surface area contributed by atoms with Crippen LogP contribution in [-0.4, -0.2) is 24.3 Å². The number of nitrogens with one attached hydrogen (secondary N) is 1. The van der Waals surface area contributed by atoms with Gasteiger partial charge in [-0.15, -0.1) is 35.6 Å². The summed E-state index contributed by atoms with van der Waals surface area (Å²) in [5.74, 6) is 0.634. The van der Waals surface area contributed by atoms with Gasteiger partial charge in [-0.3, -0.25) is 0 Å². The molecule has 0 amide bonds. The highest BCUT2D eigenvalue weighted by Crippen LogP contribution is 2.06. The highest BCUT2D eigenvalue weighted by atomic mass is 35.5. The van der Waals surface area contributed by atoms with Gasteiger partial charge in [-0.05, 0) is 12.0 Å². The third kappa shape index (κ3) is 7.02. The zero-order chi connectivity index (χ0) is 10.2. The fourth-order valence-electron chi connectivity index (χ4n) is 1.27. The van der Waals surface area contributed by atoms with Crippen LogP contribution in [0.2, 0.25) is 0 Å². The van der Waals surface area contributed by atoms with Crippen LogP contribution in [0.1, 0.15) is 5.56 Å². The van der Waals surface area contributed by atoms with Crippen LogP contribution in [0.15, 0.2) is 30.3 Å². The van der Waals surface area contributed by atoms with Crippen molar-refractivity contribution in [2.24, 2.45) is 0 Å². The van der Waals surface area contributed by atoms with Crippen LogP contribution in [0.4, 0.5) is 0 Å². The lowest BCUT2D eigenvalue weighted by Gasteiger charge is -2.09. The number of benzene rings is 1. The molecule has 1 atom stereocenters. The molecule has 0 heterocycles. The van der Waals surface area contributed by atoms with E-state index in [1.165, 1.54) is 5.56 Å². The summed E-state index contributed by atoms with van der Waals surface area (Å²) in [6.07, 6.45) is 0.900. The summed E-state index contributed by atoms with van der Waals surface area (Å²) in [4.78, 5) is 0. The van der Waals surface area contributed by atoms with E-state index in [1.54, 1.807) is 0 Å². The third-order valence-corrected chi connectivity index (χ3v) is 2.43. The van der Waals surface area contributed by atoms with Crippen LogP contribution in [0.25, 0.3) is 0 Å². The maximum Gasteiger partial charge on any atom is 0.0500 e. The normalized spacial score (nSPS) is 11.9. The molecule has 0 aliphatic carbocycles. The molecule has 0 aliphatic rings. The molecule has 1 rings (SSSR count). The molecule has 0 bridgehead atoms. The lowest BCUT2D eigenvalue weighted by atomic mass is 10.1. The Morgan fingerprint density at radius 2 is 1.87 bits per heavy atom. The second-order valence-corrected chi connectivity index (χ2v) is 4.18. The minimum absolute atomic E-state index is 0. The van der Waals surface area contributed by atoms with Crippen molar-refractivity contribution in [1.82, 2.24) is 5.32 Å². The van der Waals surface area contributed by atoms with Crippen LogP contribution < -0.4 is 5.32 Å². The van der Waals surface area contributed by atoms with Gasteiger partial charge >= 0.3 is 0 Å². The van der Waals surface area contributed by atoms with Gasteiger partial charge in [0.25, 0.3) is 0 Å². The quantitative estimate of drug-likeness (QED) is 0.618. The SMILES string of the molecule is Cl.ClCCNCC(Cl)Cc1ccccc1. The van der Waals surface area contributed by atoms with Crippen LogP contribution >= 0.6 is 35.6 Å². The Bertz CT molecular complexity index is 241. The van der Waals surface area contributed by atoms with Crippen molar-refractivity contribution < 1.29 is 0 Å². The summed E-state index contributed by atoms with van der Waals surface area (Å²) in [5.41, 5.74) is 1.28. The minimum atomic E-state index is 0. The first-order chi connectivity index (χ1) is 6.83. The molecule has 86 valence electrons. The molecule has 1 aromatic rings. The smallest absolute Gasteiger partial charge is 0.0500 e. The van der Waals surface area contributed by atoms with Crippen molar-refractivity contribution in [2.75, 3.05) is 19.0 Å². The molecular formula is C11H16Cl3N. The van der Waals surface area contributed by atoms with Crippen LogP contribution in [0.5, 0.6) is 0 Å². The van der Waals surface area contributed by atoms with Gasteiger partial charge in [-0.1, -0.05) is 30.3 Å². The van der Waals surface area contributed by atoms with Gasteiger partial charge < -0.3 is 5.32 Å². The van der Waals surface area contributed by atoms with E-state index in [0.29, 0.717) is 5.88 Å². The van der Waals surface area contributed by atoms with E-state index in [4.69, 9.17) is 23.2 Å². The molecule has 0 aromatic heterocycles. The second kappa shape index (κ2) is 9.29. The summed E-state index contributed by atoms with van der Waals surface area (Å²) in [6.45, 7) is 1.63. The molecular weight excluding hydrogens is 252 g/mol. The highest BCUT2D eigenvalue weighted by molar-refractivity contribution is 6.21. The second-order valence-electron chi connectivity index (χ2n) is 3.18. The van der Waals surface area contributed by atoms with E-state index in [2.05, 4.69) is 17.4 Å². The summed E-state index contributed by atoms with van der Waals surface area (Å²) in [5, 5.41) is 3.33. The Labute approximate surface area is 108 Å². The molecule has 1 aromatic carbocycles. The summed E-state index contributed by atoms with van der Waals surface area (Å²) in [7, 11) is 0. The molecule has 1 N–H and O–H groups in total. The Morgan fingerprint density at radius 1 is 1.20 bits per heavy atom. The molecule has 1 unspecified atom stereocenters. The van der Waals surface area contributed by atoms with Gasteiger partial charge in [0.2, 0.25) is 0 Å². The van der Waals surface area contributed by atoms with Gasteiger partial charge in [0.1, 0.15) is 0 Å². The molecule has 0 radical (unpaired) electrons. The summed E-state index contributed by atoms with van der Waals surface area (Å²) < 4.78 is 0. The van der Waals surface area contributed by atoms with Crippen molar-refractivity contribution >= 4 is 35.6 Å². The predicted molar refractivity (Wildman–Crippen MR) is 70.6 cm³/mol. The van der Waals surface area contributed by atoms with Crippen molar-refractivity contribution in [3.8, 4) is 0 Å². The monoisotopic (exact) mass is 267 g/mol. The van der Waals surface area contributed by atoms with Gasteiger partial charge in [-0.25, -0.2) is 0 Å². The number of hydrogen-bond donors (Lipinski definition) is 1. The third-order valence-electron chi connectivity index (χ3n) is 1.94. The number of hydrogen-bond acceptors (Lipinski definition) is 1.